The maximum atomic E-state index is 13.3. The van der Waals surface area contributed by atoms with Gasteiger partial charge in [-0.1, -0.05) is 30.3 Å². The molecule has 120 valence electrons. The van der Waals surface area contributed by atoms with E-state index in [1.807, 2.05) is 61.2 Å². The maximum Gasteiger partial charge on any atom is 0.237 e. The minimum Gasteiger partial charge on any atom is -0.497 e. The molecule has 1 aliphatic rings. The van der Waals surface area contributed by atoms with E-state index >= 15 is 0 Å². The van der Waals surface area contributed by atoms with Crippen LogP contribution in [-0.2, 0) is 16.6 Å². The fraction of sp³-hybridized carbons (Fsp3) is 0.350. The van der Waals surface area contributed by atoms with E-state index in [1.165, 1.54) is 5.56 Å². The monoisotopic (exact) mass is 309 g/mol. The number of nitrogens with zero attached hydrogens (tertiary/aromatic N) is 1. The van der Waals surface area contributed by atoms with Crippen molar-refractivity contribution in [1.29, 1.82) is 0 Å². The summed E-state index contributed by atoms with van der Waals surface area (Å²) in [6, 6.07) is 16.1. The average Bonchev–Trinajstić information content (AvgIpc) is 2.89. The second kappa shape index (κ2) is 5.73. The molecule has 0 N–H and O–H groups in total. The van der Waals surface area contributed by atoms with E-state index in [1.54, 1.807) is 7.11 Å². The van der Waals surface area contributed by atoms with Crippen molar-refractivity contribution in [3.8, 4) is 5.75 Å². The van der Waals surface area contributed by atoms with Gasteiger partial charge in [-0.3, -0.25) is 4.79 Å². The number of hydrogen-bond donors (Lipinski definition) is 0. The molecular formula is C20H23NO2. The molecule has 1 amide bonds. The summed E-state index contributed by atoms with van der Waals surface area (Å²) in [6.07, 6.45) is 0.917. The maximum absolute atomic E-state index is 13.3. The molecule has 1 aliphatic heterocycles. The smallest absolute Gasteiger partial charge is 0.237 e. The Morgan fingerprint density at radius 3 is 2.43 bits per heavy atom. The molecule has 0 saturated heterocycles. The van der Waals surface area contributed by atoms with Crippen molar-refractivity contribution in [3.63, 3.8) is 0 Å². The van der Waals surface area contributed by atoms with Gasteiger partial charge in [0.05, 0.1) is 12.5 Å². The SMILES string of the molecule is COc1ccc(C(C)(C)C(=O)N2c3ccccc3CC2C)cc1. The molecule has 1 unspecified atom stereocenters. The Morgan fingerprint density at radius 1 is 1.13 bits per heavy atom. The zero-order chi connectivity index (χ0) is 16.6. The summed E-state index contributed by atoms with van der Waals surface area (Å²) in [5, 5.41) is 0. The van der Waals surface area contributed by atoms with Crippen LogP contribution in [0.2, 0.25) is 0 Å². The van der Waals surface area contributed by atoms with Crippen molar-refractivity contribution in [2.45, 2.75) is 38.6 Å². The third-order valence-electron chi connectivity index (χ3n) is 4.77. The van der Waals surface area contributed by atoms with Crippen LogP contribution in [0.3, 0.4) is 0 Å². The third kappa shape index (κ3) is 2.61. The van der Waals surface area contributed by atoms with Gasteiger partial charge in [0, 0.05) is 11.7 Å². The number of carbonyl (C=O) groups is 1. The van der Waals surface area contributed by atoms with Crippen LogP contribution in [0.15, 0.2) is 48.5 Å². The first-order chi connectivity index (χ1) is 10.9. The first kappa shape index (κ1) is 15.6. The Hall–Kier alpha value is -2.29. The topological polar surface area (TPSA) is 29.5 Å². The predicted molar refractivity (Wildman–Crippen MR) is 93.1 cm³/mol. The summed E-state index contributed by atoms with van der Waals surface area (Å²) in [5.74, 6) is 0.942. The number of benzene rings is 2. The highest BCUT2D eigenvalue weighted by Crippen LogP contribution is 2.37. The first-order valence-electron chi connectivity index (χ1n) is 8.01. The Balaban J connectivity index is 1.95. The summed E-state index contributed by atoms with van der Waals surface area (Å²) < 4.78 is 5.21. The van der Waals surface area contributed by atoms with Crippen LogP contribution in [0, 0.1) is 0 Å². The molecule has 0 saturated carbocycles. The zero-order valence-corrected chi connectivity index (χ0v) is 14.2. The van der Waals surface area contributed by atoms with Crippen molar-refractivity contribution in [3.05, 3.63) is 59.7 Å². The van der Waals surface area contributed by atoms with Crippen molar-refractivity contribution in [2.75, 3.05) is 12.0 Å². The molecule has 2 aromatic rings. The van der Waals surface area contributed by atoms with Crippen LogP contribution >= 0.6 is 0 Å². The number of ether oxygens (including phenoxy) is 1. The Kier molecular flexibility index (Phi) is 3.88. The number of fused-ring (bicyclic) bond motifs is 1. The summed E-state index contributed by atoms with van der Waals surface area (Å²) in [7, 11) is 1.65. The first-order valence-corrected chi connectivity index (χ1v) is 8.01. The molecule has 0 spiro atoms. The third-order valence-corrected chi connectivity index (χ3v) is 4.77. The normalized spacial score (nSPS) is 17.0. The lowest BCUT2D eigenvalue weighted by molar-refractivity contribution is -0.123. The molecule has 3 heteroatoms. The number of para-hydroxylation sites is 1. The molecule has 0 bridgehead atoms. The van der Waals surface area contributed by atoms with Gasteiger partial charge in [0.15, 0.2) is 0 Å². The zero-order valence-electron chi connectivity index (χ0n) is 14.2. The molecule has 3 rings (SSSR count). The van der Waals surface area contributed by atoms with Gasteiger partial charge >= 0.3 is 0 Å². The Labute approximate surface area is 137 Å². The summed E-state index contributed by atoms with van der Waals surface area (Å²) >= 11 is 0. The fourth-order valence-corrected chi connectivity index (χ4v) is 3.31. The molecule has 0 fully saturated rings. The standard InChI is InChI=1S/C20H23NO2/c1-14-13-15-7-5-6-8-18(15)21(14)19(22)20(2,3)16-9-11-17(23-4)12-10-16/h5-12,14H,13H2,1-4H3. The van der Waals surface area contributed by atoms with E-state index in [4.69, 9.17) is 4.74 Å². The Morgan fingerprint density at radius 2 is 1.78 bits per heavy atom. The summed E-state index contributed by atoms with van der Waals surface area (Å²) in [6.45, 7) is 6.09. The van der Waals surface area contributed by atoms with E-state index in [9.17, 15) is 4.79 Å². The van der Waals surface area contributed by atoms with Gasteiger partial charge in [0.1, 0.15) is 5.75 Å². The van der Waals surface area contributed by atoms with E-state index in [0.717, 1.165) is 23.4 Å². The molecule has 2 aromatic carbocycles. The molecule has 23 heavy (non-hydrogen) atoms. The Bertz CT molecular complexity index is 719. The second-order valence-corrected chi connectivity index (χ2v) is 6.71. The summed E-state index contributed by atoms with van der Waals surface area (Å²) in [5.41, 5.74) is 2.71. The lowest BCUT2D eigenvalue weighted by atomic mass is 9.83. The van der Waals surface area contributed by atoms with Gasteiger partial charge in [-0.2, -0.15) is 0 Å². The number of anilines is 1. The van der Waals surface area contributed by atoms with E-state index in [-0.39, 0.29) is 11.9 Å². The molecule has 0 aromatic heterocycles. The van der Waals surface area contributed by atoms with Gasteiger partial charge in [0.2, 0.25) is 5.91 Å². The number of hydrogen-bond acceptors (Lipinski definition) is 2. The molecule has 0 radical (unpaired) electrons. The van der Waals surface area contributed by atoms with E-state index in [0.29, 0.717) is 0 Å². The van der Waals surface area contributed by atoms with Crippen LogP contribution < -0.4 is 9.64 Å². The highest BCUT2D eigenvalue weighted by Gasteiger charge is 2.39. The minimum atomic E-state index is -0.585. The van der Waals surface area contributed by atoms with Crippen LogP contribution in [-0.4, -0.2) is 19.1 Å². The largest absolute Gasteiger partial charge is 0.497 e. The number of amides is 1. The lowest BCUT2D eigenvalue weighted by Gasteiger charge is -2.33. The van der Waals surface area contributed by atoms with Crippen LogP contribution in [0.4, 0.5) is 5.69 Å². The number of carbonyl (C=O) groups excluding carboxylic acids is 1. The van der Waals surface area contributed by atoms with Crippen molar-refractivity contribution < 1.29 is 9.53 Å². The predicted octanol–water partition coefficient (Wildman–Crippen LogP) is 3.95. The quantitative estimate of drug-likeness (QED) is 0.859. The molecule has 3 nitrogen and oxygen atoms in total. The van der Waals surface area contributed by atoms with Crippen molar-refractivity contribution >= 4 is 11.6 Å². The van der Waals surface area contributed by atoms with Gasteiger partial charge in [0.25, 0.3) is 0 Å². The van der Waals surface area contributed by atoms with Gasteiger partial charge < -0.3 is 9.64 Å². The molecular weight excluding hydrogens is 286 g/mol. The molecule has 0 aliphatic carbocycles. The minimum absolute atomic E-state index is 0.139. The highest BCUT2D eigenvalue weighted by atomic mass is 16.5. The number of methoxy groups -OCH3 is 1. The van der Waals surface area contributed by atoms with Crippen LogP contribution in [0.5, 0.6) is 5.75 Å². The average molecular weight is 309 g/mol. The van der Waals surface area contributed by atoms with Gasteiger partial charge in [-0.05, 0) is 56.5 Å². The van der Waals surface area contributed by atoms with Gasteiger partial charge in [-0.15, -0.1) is 0 Å². The van der Waals surface area contributed by atoms with E-state index in [2.05, 4.69) is 13.0 Å². The fourth-order valence-electron chi connectivity index (χ4n) is 3.31. The number of rotatable bonds is 3. The highest BCUT2D eigenvalue weighted by molar-refractivity contribution is 6.02. The lowest BCUT2D eigenvalue weighted by Crippen LogP contribution is -2.46. The van der Waals surface area contributed by atoms with E-state index < -0.39 is 5.41 Å². The van der Waals surface area contributed by atoms with Crippen LogP contribution in [0.1, 0.15) is 31.9 Å². The van der Waals surface area contributed by atoms with Gasteiger partial charge in [-0.25, -0.2) is 0 Å². The second-order valence-electron chi connectivity index (χ2n) is 6.71. The van der Waals surface area contributed by atoms with Crippen LogP contribution in [0.25, 0.3) is 0 Å². The molecule has 1 atom stereocenters. The van der Waals surface area contributed by atoms with Crippen molar-refractivity contribution in [1.82, 2.24) is 0 Å². The summed E-state index contributed by atoms with van der Waals surface area (Å²) in [4.78, 5) is 15.2. The molecule has 1 heterocycles. The van der Waals surface area contributed by atoms with Crippen molar-refractivity contribution in [2.24, 2.45) is 0 Å².